The van der Waals surface area contributed by atoms with Crippen LogP contribution in [0, 0.1) is 5.92 Å². The van der Waals surface area contributed by atoms with E-state index in [4.69, 9.17) is 4.74 Å². The van der Waals surface area contributed by atoms with Gasteiger partial charge in [0.15, 0.2) is 10.7 Å². The second kappa shape index (κ2) is 6.25. The summed E-state index contributed by atoms with van der Waals surface area (Å²) in [5, 5.41) is 4.10. The Hall–Kier alpha value is -2.00. The molecule has 124 valence electrons. The minimum absolute atomic E-state index is 0.0459. The molecule has 2 aromatic heterocycles. The number of methoxy groups -OCH3 is 1. The largest absolute Gasteiger partial charge is 0.469 e. The second-order valence-corrected chi connectivity index (χ2v) is 7.33. The van der Waals surface area contributed by atoms with Gasteiger partial charge in [-0.1, -0.05) is 0 Å². The average Bonchev–Trinajstić information content (AvgIpc) is 2.83. The standard InChI is InChI=1S/C14H18N4O4S/c1-22-14(19)11-4-3-8-17(9-6-11)23(20,21)13-10-15-12-5-2-7-16-18(12)13/h2,5,7,10-11H,3-4,6,8-9H2,1H3. The Morgan fingerprint density at radius 2 is 2.17 bits per heavy atom. The Balaban J connectivity index is 1.87. The summed E-state index contributed by atoms with van der Waals surface area (Å²) in [5.41, 5.74) is 0.480. The fourth-order valence-corrected chi connectivity index (χ4v) is 4.35. The van der Waals surface area contributed by atoms with E-state index in [0.29, 0.717) is 31.5 Å². The molecule has 3 heterocycles. The lowest BCUT2D eigenvalue weighted by atomic mass is 10.0. The van der Waals surface area contributed by atoms with Crippen LogP contribution < -0.4 is 0 Å². The third kappa shape index (κ3) is 2.93. The first-order valence-corrected chi connectivity index (χ1v) is 8.85. The smallest absolute Gasteiger partial charge is 0.308 e. The highest BCUT2D eigenvalue weighted by Gasteiger charge is 2.32. The van der Waals surface area contributed by atoms with E-state index >= 15 is 0 Å². The second-order valence-electron chi connectivity index (χ2n) is 5.45. The SMILES string of the molecule is COC(=O)C1CCCN(S(=O)(=O)c2cnc3cccnn23)CC1. The quantitative estimate of drug-likeness (QED) is 0.765. The van der Waals surface area contributed by atoms with E-state index in [1.807, 2.05) is 0 Å². The topological polar surface area (TPSA) is 93.9 Å². The van der Waals surface area contributed by atoms with Gasteiger partial charge in [-0.05, 0) is 31.4 Å². The minimum Gasteiger partial charge on any atom is -0.469 e. The fraction of sp³-hybridized carbons (Fsp3) is 0.500. The van der Waals surface area contributed by atoms with E-state index in [2.05, 4.69) is 10.1 Å². The van der Waals surface area contributed by atoms with E-state index in [-0.39, 0.29) is 23.5 Å². The number of fused-ring (bicyclic) bond motifs is 1. The molecule has 0 amide bonds. The lowest BCUT2D eigenvalue weighted by Gasteiger charge is -2.19. The first-order valence-electron chi connectivity index (χ1n) is 7.41. The summed E-state index contributed by atoms with van der Waals surface area (Å²) in [6.45, 7) is 0.651. The fourth-order valence-electron chi connectivity index (χ4n) is 2.83. The summed E-state index contributed by atoms with van der Waals surface area (Å²) in [6, 6.07) is 3.40. The molecule has 8 nitrogen and oxygen atoms in total. The van der Waals surface area contributed by atoms with Crippen LogP contribution in [0.4, 0.5) is 0 Å². The third-order valence-corrected chi connectivity index (χ3v) is 5.92. The maximum atomic E-state index is 12.9. The molecular weight excluding hydrogens is 320 g/mol. The molecule has 1 unspecified atom stereocenters. The van der Waals surface area contributed by atoms with Crippen LogP contribution in [0.1, 0.15) is 19.3 Å². The molecular formula is C14H18N4O4S. The van der Waals surface area contributed by atoms with Crippen LogP contribution in [-0.2, 0) is 19.6 Å². The molecule has 0 spiro atoms. The molecule has 0 saturated carbocycles. The van der Waals surface area contributed by atoms with Crippen LogP contribution in [0.15, 0.2) is 29.6 Å². The van der Waals surface area contributed by atoms with Crippen molar-refractivity contribution in [3.63, 3.8) is 0 Å². The van der Waals surface area contributed by atoms with Crippen molar-refractivity contribution in [3.05, 3.63) is 24.5 Å². The lowest BCUT2D eigenvalue weighted by Crippen LogP contribution is -2.33. The van der Waals surface area contributed by atoms with Gasteiger partial charge < -0.3 is 4.74 Å². The Bertz CT molecular complexity index is 817. The van der Waals surface area contributed by atoms with Crippen LogP contribution in [-0.4, -0.2) is 53.5 Å². The number of sulfonamides is 1. The van der Waals surface area contributed by atoms with E-state index in [1.165, 1.54) is 28.3 Å². The summed E-state index contributed by atoms with van der Waals surface area (Å²) in [6.07, 6.45) is 4.53. The Kier molecular flexibility index (Phi) is 4.31. The number of hydrogen-bond acceptors (Lipinski definition) is 6. The number of imidazole rings is 1. The number of rotatable bonds is 3. The lowest BCUT2D eigenvalue weighted by molar-refractivity contribution is -0.145. The average molecular weight is 338 g/mol. The molecule has 0 radical (unpaired) electrons. The van der Waals surface area contributed by atoms with Crippen molar-refractivity contribution in [1.82, 2.24) is 18.9 Å². The molecule has 9 heteroatoms. The van der Waals surface area contributed by atoms with Crippen molar-refractivity contribution in [1.29, 1.82) is 0 Å². The molecule has 0 N–H and O–H groups in total. The van der Waals surface area contributed by atoms with Gasteiger partial charge in [0.2, 0.25) is 0 Å². The highest BCUT2D eigenvalue weighted by molar-refractivity contribution is 7.89. The van der Waals surface area contributed by atoms with Gasteiger partial charge in [-0.15, -0.1) is 0 Å². The molecule has 0 aliphatic carbocycles. The van der Waals surface area contributed by atoms with E-state index in [1.54, 1.807) is 12.1 Å². The molecule has 0 bridgehead atoms. The van der Waals surface area contributed by atoms with E-state index < -0.39 is 10.0 Å². The van der Waals surface area contributed by atoms with Crippen molar-refractivity contribution in [2.75, 3.05) is 20.2 Å². The minimum atomic E-state index is -3.71. The van der Waals surface area contributed by atoms with Crippen molar-refractivity contribution in [2.24, 2.45) is 5.92 Å². The van der Waals surface area contributed by atoms with Gasteiger partial charge in [-0.3, -0.25) is 4.79 Å². The molecule has 1 aliphatic heterocycles. The number of nitrogens with zero attached hydrogens (tertiary/aromatic N) is 4. The molecule has 1 saturated heterocycles. The Labute approximate surface area is 134 Å². The summed E-state index contributed by atoms with van der Waals surface area (Å²) < 4.78 is 33.2. The Morgan fingerprint density at radius 1 is 1.35 bits per heavy atom. The van der Waals surface area contributed by atoms with Gasteiger partial charge in [0.1, 0.15) is 0 Å². The van der Waals surface area contributed by atoms with Gasteiger partial charge >= 0.3 is 5.97 Å². The van der Waals surface area contributed by atoms with Crippen molar-refractivity contribution >= 4 is 21.6 Å². The van der Waals surface area contributed by atoms with E-state index in [9.17, 15) is 13.2 Å². The normalized spacial score (nSPS) is 20.3. The number of carbonyl (C=O) groups excluding carboxylic acids is 1. The zero-order valence-electron chi connectivity index (χ0n) is 12.8. The number of ether oxygens (including phenoxy) is 1. The molecule has 1 fully saturated rings. The first kappa shape index (κ1) is 15.9. The van der Waals surface area contributed by atoms with Crippen LogP contribution in [0.2, 0.25) is 0 Å². The molecule has 0 aromatic carbocycles. The zero-order valence-corrected chi connectivity index (χ0v) is 13.6. The van der Waals surface area contributed by atoms with Gasteiger partial charge in [0, 0.05) is 19.3 Å². The predicted molar refractivity (Wildman–Crippen MR) is 81.1 cm³/mol. The molecule has 2 aromatic rings. The van der Waals surface area contributed by atoms with Gasteiger partial charge in [-0.2, -0.15) is 9.40 Å². The van der Waals surface area contributed by atoms with Gasteiger partial charge in [0.25, 0.3) is 10.0 Å². The van der Waals surface area contributed by atoms with Crippen LogP contribution in [0.5, 0.6) is 0 Å². The summed E-state index contributed by atoms with van der Waals surface area (Å²) in [7, 11) is -2.35. The van der Waals surface area contributed by atoms with Crippen molar-refractivity contribution < 1.29 is 17.9 Å². The Morgan fingerprint density at radius 3 is 2.96 bits per heavy atom. The first-order chi connectivity index (χ1) is 11.0. The number of carbonyl (C=O) groups is 1. The highest BCUT2D eigenvalue weighted by Crippen LogP contribution is 2.24. The number of aromatic nitrogens is 3. The third-order valence-electron chi connectivity index (χ3n) is 4.07. The summed E-state index contributed by atoms with van der Waals surface area (Å²) in [4.78, 5) is 15.7. The van der Waals surface area contributed by atoms with Crippen LogP contribution in [0.3, 0.4) is 0 Å². The molecule has 1 atom stereocenters. The van der Waals surface area contributed by atoms with Crippen LogP contribution >= 0.6 is 0 Å². The van der Waals surface area contributed by atoms with Gasteiger partial charge in [-0.25, -0.2) is 17.9 Å². The summed E-state index contributed by atoms with van der Waals surface area (Å²) >= 11 is 0. The summed E-state index contributed by atoms with van der Waals surface area (Å²) in [5.74, 6) is -0.527. The van der Waals surface area contributed by atoms with Gasteiger partial charge in [0.05, 0.1) is 19.2 Å². The monoisotopic (exact) mass is 338 g/mol. The van der Waals surface area contributed by atoms with Crippen molar-refractivity contribution in [3.8, 4) is 0 Å². The molecule has 1 aliphatic rings. The highest BCUT2D eigenvalue weighted by atomic mass is 32.2. The predicted octanol–water partition coefficient (Wildman–Crippen LogP) is 0.693. The maximum absolute atomic E-state index is 12.9. The van der Waals surface area contributed by atoms with Crippen LogP contribution in [0.25, 0.3) is 5.65 Å². The van der Waals surface area contributed by atoms with E-state index in [0.717, 1.165) is 0 Å². The maximum Gasteiger partial charge on any atom is 0.308 e. The van der Waals surface area contributed by atoms with Crippen molar-refractivity contribution in [2.45, 2.75) is 24.3 Å². The molecule has 3 rings (SSSR count). The zero-order chi connectivity index (χ0) is 16.4. The molecule has 23 heavy (non-hydrogen) atoms. The number of hydrogen-bond donors (Lipinski definition) is 0. The number of esters is 1.